The van der Waals surface area contributed by atoms with E-state index in [9.17, 15) is 23.9 Å². The maximum Gasteiger partial charge on any atom is 0.306 e. The number of alkyl halides is 1. The molecule has 9 heteroatoms. The minimum atomic E-state index is -1.89. The third kappa shape index (κ3) is 3.47. The summed E-state index contributed by atoms with van der Waals surface area (Å²) < 4.78 is 44.9. The maximum atomic E-state index is 15.5. The van der Waals surface area contributed by atoms with Crippen LogP contribution in [-0.2, 0) is 10.2 Å². The Kier molecular flexibility index (Phi) is 5.17. The van der Waals surface area contributed by atoms with Crippen molar-refractivity contribution in [2.75, 3.05) is 0 Å². The summed E-state index contributed by atoms with van der Waals surface area (Å²) in [5, 5.41) is 26.5. The number of nitrogens with one attached hydrogen (secondary N) is 1. The summed E-state index contributed by atoms with van der Waals surface area (Å²) in [6.45, 7) is 3.45. The lowest BCUT2D eigenvalue weighted by Gasteiger charge is -2.27. The van der Waals surface area contributed by atoms with Gasteiger partial charge in [0, 0.05) is 45.6 Å². The van der Waals surface area contributed by atoms with Gasteiger partial charge in [0.15, 0.2) is 11.6 Å². The molecule has 0 saturated carbocycles. The van der Waals surface area contributed by atoms with Crippen LogP contribution in [0.4, 0.5) is 13.2 Å². The van der Waals surface area contributed by atoms with Crippen LogP contribution in [-0.4, -0.2) is 25.8 Å². The number of carboxylic acid groups (broad SMARTS) is 1. The molecule has 0 aliphatic rings. The number of hydrogen-bond donors (Lipinski definition) is 2. The number of aromatic nitrogens is 3. The first-order valence-electron chi connectivity index (χ1n) is 9.84. The van der Waals surface area contributed by atoms with E-state index in [0.717, 1.165) is 12.1 Å². The molecule has 0 unspecified atom stereocenters. The van der Waals surface area contributed by atoms with Gasteiger partial charge in [-0.05, 0) is 24.3 Å². The fourth-order valence-electron chi connectivity index (χ4n) is 4.16. The van der Waals surface area contributed by atoms with Gasteiger partial charge >= 0.3 is 5.97 Å². The molecule has 2 aromatic carbocycles. The lowest BCUT2D eigenvalue weighted by Crippen LogP contribution is -2.23. The summed E-state index contributed by atoms with van der Waals surface area (Å²) in [6.07, 6.45) is -1.12. The molecule has 0 fully saturated rings. The zero-order valence-corrected chi connectivity index (χ0v) is 17.3. The summed E-state index contributed by atoms with van der Waals surface area (Å²) in [6, 6.07) is 8.78. The van der Waals surface area contributed by atoms with Gasteiger partial charge in [-0.3, -0.25) is 9.89 Å². The largest absolute Gasteiger partial charge is 0.481 e. The highest BCUT2D eigenvalue weighted by Crippen LogP contribution is 2.44. The van der Waals surface area contributed by atoms with Crippen LogP contribution in [0.25, 0.3) is 27.5 Å². The van der Waals surface area contributed by atoms with Gasteiger partial charge in [-0.15, -0.1) is 0 Å². The third-order valence-corrected chi connectivity index (χ3v) is 5.56. The molecule has 4 rings (SSSR count). The second-order valence-electron chi connectivity index (χ2n) is 8.31. The number of benzene rings is 2. The number of nitrogens with zero attached hydrogens (tertiary/aromatic N) is 3. The molecule has 2 N–H and O–H groups in total. The lowest BCUT2D eigenvalue weighted by molar-refractivity contribution is -0.138. The van der Waals surface area contributed by atoms with E-state index in [4.69, 9.17) is 0 Å². The standard InChI is InChI=1S/C23H19F3N4O2/c1-23(2,5-6-27)22-21(17(26)10-20(31)32)14-9-18-12(11-28-29-18)7-19(14)30(22)13-3-4-15(24)16(25)8-13/h3-4,7-9,11,17H,5,10H2,1-2H3,(H,28,29)(H,31,32)/t17-/m1/s1. The van der Waals surface area contributed by atoms with Crippen LogP contribution in [0.2, 0.25) is 0 Å². The Morgan fingerprint density at radius 1 is 1.28 bits per heavy atom. The first kappa shape index (κ1) is 21.4. The average Bonchev–Trinajstić information content (AvgIpc) is 3.29. The number of aliphatic carboxylic acids is 1. The average molecular weight is 440 g/mol. The van der Waals surface area contributed by atoms with Crippen molar-refractivity contribution in [1.82, 2.24) is 14.8 Å². The predicted octanol–water partition coefficient (Wildman–Crippen LogP) is 5.46. The molecule has 6 nitrogen and oxygen atoms in total. The summed E-state index contributed by atoms with van der Waals surface area (Å²) >= 11 is 0. The van der Waals surface area contributed by atoms with E-state index >= 15 is 4.39 Å². The number of H-pyrrole nitrogens is 1. The first-order valence-corrected chi connectivity index (χ1v) is 9.84. The van der Waals surface area contributed by atoms with Gasteiger partial charge in [-0.1, -0.05) is 13.8 Å². The van der Waals surface area contributed by atoms with Crippen molar-refractivity contribution in [3.05, 3.63) is 59.4 Å². The quantitative estimate of drug-likeness (QED) is 0.416. The van der Waals surface area contributed by atoms with E-state index in [2.05, 4.69) is 16.3 Å². The van der Waals surface area contributed by atoms with Crippen LogP contribution >= 0.6 is 0 Å². The fraction of sp³-hybridized carbons (Fsp3) is 0.261. The Hall–Kier alpha value is -3.80. The molecule has 0 aliphatic carbocycles. The molecule has 0 bridgehead atoms. The van der Waals surface area contributed by atoms with Gasteiger partial charge in [0.05, 0.1) is 29.7 Å². The van der Waals surface area contributed by atoms with E-state index in [1.807, 2.05) is 0 Å². The van der Waals surface area contributed by atoms with Gasteiger partial charge in [0.2, 0.25) is 0 Å². The third-order valence-electron chi connectivity index (χ3n) is 5.56. The number of aromatic amines is 1. The minimum absolute atomic E-state index is 0.0147. The molecule has 0 saturated heterocycles. The van der Waals surface area contributed by atoms with Gasteiger partial charge in [0.1, 0.15) is 6.17 Å². The monoisotopic (exact) mass is 440 g/mol. The Balaban J connectivity index is 2.18. The highest BCUT2D eigenvalue weighted by molar-refractivity contribution is 5.99. The summed E-state index contributed by atoms with van der Waals surface area (Å²) in [5.74, 6) is -3.44. The molecule has 4 aromatic rings. The summed E-state index contributed by atoms with van der Waals surface area (Å²) in [4.78, 5) is 11.3. The van der Waals surface area contributed by atoms with Crippen LogP contribution in [0.15, 0.2) is 36.5 Å². The van der Waals surface area contributed by atoms with Crippen LogP contribution in [0.3, 0.4) is 0 Å². The van der Waals surface area contributed by atoms with Crippen LogP contribution in [0, 0.1) is 23.0 Å². The maximum absolute atomic E-state index is 15.5. The van der Waals surface area contributed by atoms with Gasteiger partial charge in [-0.2, -0.15) is 10.4 Å². The van der Waals surface area contributed by atoms with E-state index in [1.165, 1.54) is 6.07 Å². The molecule has 2 aromatic heterocycles. The van der Waals surface area contributed by atoms with Crippen molar-refractivity contribution in [3.8, 4) is 11.8 Å². The number of carboxylic acids is 1. The zero-order chi connectivity index (χ0) is 23.2. The van der Waals surface area contributed by atoms with Crippen LogP contribution in [0.5, 0.6) is 0 Å². The molecule has 1 atom stereocenters. The van der Waals surface area contributed by atoms with E-state index in [-0.39, 0.29) is 17.7 Å². The van der Waals surface area contributed by atoms with Gasteiger partial charge < -0.3 is 9.67 Å². The Morgan fingerprint density at radius 3 is 2.69 bits per heavy atom. The molecule has 0 radical (unpaired) electrons. The molecular formula is C23H19F3N4O2. The molecule has 2 heterocycles. The first-order chi connectivity index (χ1) is 15.1. The zero-order valence-electron chi connectivity index (χ0n) is 17.3. The van der Waals surface area contributed by atoms with Crippen molar-refractivity contribution < 1.29 is 23.1 Å². The molecule has 32 heavy (non-hydrogen) atoms. The highest BCUT2D eigenvalue weighted by atomic mass is 19.2. The number of carbonyl (C=O) groups is 1. The second-order valence-corrected chi connectivity index (χ2v) is 8.31. The minimum Gasteiger partial charge on any atom is -0.481 e. The molecule has 0 spiro atoms. The molecule has 0 amide bonds. The van der Waals surface area contributed by atoms with Crippen LogP contribution in [0.1, 0.15) is 44.1 Å². The molecular weight excluding hydrogens is 421 g/mol. The van der Waals surface area contributed by atoms with Crippen LogP contribution < -0.4 is 0 Å². The van der Waals surface area contributed by atoms with Crippen molar-refractivity contribution in [2.24, 2.45) is 0 Å². The normalized spacial score (nSPS) is 12.9. The number of nitriles is 1. The van der Waals surface area contributed by atoms with Gasteiger partial charge in [-0.25, -0.2) is 13.2 Å². The summed E-state index contributed by atoms with van der Waals surface area (Å²) in [7, 11) is 0. The second kappa shape index (κ2) is 7.71. The van der Waals surface area contributed by atoms with E-state index in [0.29, 0.717) is 27.5 Å². The number of halogens is 3. The summed E-state index contributed by atoms with van der Waals surface area (Å²) in [5.41, 5.74) is 0.787. The SMILES string of the molecule is CC(C)(CC#N)c1c([C@H](F)CC(=O)O)c2cc3[nH]ncc3cc2n1-c1ccc(F)c(F)c1. The van der Waals surface area contributed by atoms with Crippen molar-refractivity contribution in [2.45, 2.75) is 38.3 Å². The number of fused-ring (bicyclic) bond motifs is 2. The topological polar surface area (TPSA) is 94.7 Å². The predicted molar refractivity (Wildman–Crippen MR) is 112 cm³/mol. The fourth-order valence-corrected chi connectivity index (χ4v) is 4.16. The van der Waals surface area contributed by atoms with Crippen molar-refractivity contribution in [3.63, 3.8) is 0 Å². The molecule has 0 aliphatic heterocycles. The smallest absolute Gasteiger partial charge is 0.306 e. The number of rotatable bonds is 6. The lowest BCUT2D eigenvalue weighted by atomic mass is 9.82. The highest BCUT2D eigenvalue weighted by Gasteiger charge is 2.35. The van der Waals surface area contributed by atoms with Crippen molar-refractivity contribution in [1.29, 1.82) is 5.26 Å². The number of hydrogen-bond acceptors (Lipinski definition) is 3. The Labute approximate surface area is 180 Å². The van der Waals surface area contributed by atoms with E-state index in [1.54, 1.807) is 36.7 Å². The van der Waals surface area contributed by atoms with E-state index < -0.39 is 35.6 Å². The molecule has 164 valence electrons. The van der Waals surface area contributed by atoms with Gasteiger partial charge in [0.25, 0.3) is 0 Å². The van der Waals surface area contributed by atoms with Crippen molar-refractivity contribution >= 4 is 27.8 Å². The Bertz CT molecular complexity index is 1400. The Morgan fingerprint density at radius 2 is 2.03 bits per heavy atom.